The Balaban J connectivity index is 1.43. The molecular formula is C24H33N3O5S. The zero-order chi connectivity index (χ0) is 24.0. The number of urea groups is 1. The van der Waals surface area contributed by atoms with Crippen LogP contribution in [0.25, 0.3) is 0 Å². The van der Waals surface area contributed by atoms with E-state index in [0.717, 1.165) is 60.7 Å². The molecule has 1 heterocycles. The highest BCUT2D eigenvalue weighted by Gasteiger charge is 2.43. The molecule has 9 heteroatoms. The summed E-state index contributed by atoms with van der Waals surface area (Å²) in [6, 6.07) is 1.49. The summed E-state index contributed by atoms with van der Waals surface area (Å²) in [5, 5.41) is 3.79. The molecule has 33 heavy (non-hydrogen) atoms. The van der Waals surface area contributed by atoms with Crippen LogP contribution in [0.4, 0.5) is 15.3 Å². The van der Waals surface area contributed by atoms with Crippen LogP contribution in [-0.4, -0.2) is 43.1 Å². The molecule has 0 spiro atoms. The maximum Gasteiger partial charge on any atom is 0.410 e. The molecule has 0 bridgehead atoms. The Morgan fingerprint density at radius 2 is 1.70 bits per heavy atom. The summed E-state index contributed by atoms with van der Waals surface area (Å²) in [5.74, 6) is 0. The second kappa shape index (κ2) is 8.34. The first-order valence-electron chi connectivity index (χ1n) is 11.6. The number of hydrogen-bond donors (Lipinski definition) is 2. The fourth-order valence-electron chi connectivity index (χ4n) is 4.87. The van der Waals surface area contributed by atoms with Crippen LogP contribution in [0.15, 0.2) is 17.6 Å². The van der Waals surface area contributed by atoms with Crippen molar-refractivity contribution in [2.24, 2.45) is 0 Å². The van der Waals surface area contributed by atoms with Crippen LogP contribution in [0.5, 0.6) is 0 Å². The number of benzene rings is 1. The Hall–Kier alpha value is -2.55. The molecule has 180 valence electrons. The molecule has 1 aromatic carbocycles. The van der Waals surface area contributed by atoms with Gasteiger partial charge < -0.3 is 10.1 Å². The van der Waals surface area contributed by atoms with E-state index in [9.17, 15) is 18.0 Å². The van der Waals surface area contributed by atoms with E-state index in [1.54, 1.807) is 27.7 Å². The highest BCUT2D eigenvalue weighted by Crippen LogP contribution is 2.38. The second-order valence-electron chi connectivity index (χ2n) is 10.4. The van der Waals surface area contributed by atoms with Gasteiger partial charge in [0.25, 0.3) is 10.0 Å². The van der Waals surface area contributed by atoms with Gasteiger partial charge in [-0.1, -0.05) is 6.07 Å². The molecule has 3 amide bonds. The summed E-state index contributed by atoms with van der Waals surface area (Å²) in [7, 11) is -4.04. The van der Waals surface area contributed by atoms with Gasteiger partial charge in [-0.25, -0.2) is 22.7 Å². The first kappa shape index (κ1) is 23.6. The van der Waals surface area contributed by atoms with Gasteiger partial charge in [0.1, 0.15) is 5.60 Å². The van der Waals surface area contributed by atoms with Crippen molar-refractivity contribution in [3.63, 3.8) is 0 Å². The van der Waals surface area contributed by atoms with Crippen LogP contribution in [-0.2, 0) is 40.4 Å². The van der Waals surface area contributed by atoms with Crippen LogP contribution in [0.3, 0.4) is 0 Å². The zero-order valence-corrected chi connectivity index (χ0v) is 20.6. The third kappa shape index (κ3) is 5.03. The van der Waals surface area contributed by atoms with E-state index in [1.165, 1.54) is 22.1 Å². The number of carbonyl (C=O) groups excluding carboxylic acids is 2. The Kier molecular flexibility index (Phi) is 5.97. The van der Waals surface area contributed by atoms with E-state index in [4.69, 9.17) is 4.74 Å². The molecule has 2 N–H and O–H groups in total. The van der Waals surface area contributed by atoms with E-state index in [0.29, 0.717) is 13.0 Å². The lowest BCUT2D eigenvalue weighted by Crippen LogP contribution is -2.60. The molecule has 1 saturated heterocycles. The second-order valence-corrected chi connectivity index (χ2v) is 11.9. The summed E-state index contributed by atoms with van der Waals surface area (Å²) in [6.07, 6.45) is 7.41. The number of amides is 3. The number of fused-ring (bicyclic) bond motifs is 2. The molecule has 1 atom stereocenters. The molecule has 1 fully saturated rings. The quantitative estimate of drug-likeness (QED) is 0.684. The normalized spacial score (nSPS) is 22.0. The van der Waals surface area contributed by atoms with Gasteiger partial charge in [-0.05, 0) is 101 Å². The number of ether oxygens (including phenoxy) is 1. The molecule has 0 aromatic heterocycles. The van der Waals surface area contributed by atoms with E-state index >= 15 is 0 Å². The lowest BCUT2D eigenvalue weighted by Gasteiger charge is -2.48. The summed E-state index contributed by atoms with van der Waals surface area (Å²) in [6.45, 7) is 7.59. The molecule has 2 aliphatic carbocycles. The number of sulfonamides is 1. The number of nitrogens with zero attached hydrogens (tertiary/aromatic N) is 1. The van der Waals surface area contributed by atoms with Gasteiger partial charge in [0.2, 0.25) is 0 Å². The lowest BCUT2D eigenvalue weighted by atomic mass is 9.87. The van der Waals surface area contributed by atoms with Crippen LogP contribution < -0.4 is 10.0 Å². The zero-order valence-electron chi connectivity index (χ0n) is 19.8. The predicted octanol–water partition coefficient (Wildman–Crippen LogP) is 4.03. The van der Waals surface area contributed by atoms with Crippen molar-refractivity contribution in [3.05, 3.63) is 39.8 Å². The highest BCUT2D eigenvalue weighted by atomic mass is 32.2. The Labute approximate surface area is 195 Å². The van der Waals surface area contributed by atoms with E-state index in [2.05, 4.69) is 16.1 Å². The van der Waals surface area contributed by atoms with Crippen molar-refractivity contribution in [1.29, 1.82) is 0 Å². The molecule has 0 radical (unpaired) electrons. The van der Waals surface area contributed by atoms with Crippen molar-refractivity contribution in [1.82, 2.24) is 9.62 Å². The third-order valence-electron chi connectivity index (χ3n) is 6.62. The summed E-state index contributed by atoms with van der Waals surface area (Å²) in [4.78, 5) is 26.5. The van der Waals surface area contributed by atoms with Gasteiger partial charge in [0.05, 0.1) is 5.54 Å². The fraction of sp³-hybridized carbons (Fsp3) is 0.583. The van der Waals surface area contributed by atoms with E-state index in [1.807, 2.05) is 0 Å². The molecule has 3 aliphatic rings. The monoisotopic (exact) mass is 475 g/mol. The molecule has 1 unspecified atom stereocenters. The number of hydrogen-bond acceptors (Lipinski definition) is 5. The van der Waals surface area contributed by atoms with Crippen molar-refractivity contribution < 1.29 is 22.7 Å². The highest BCUT2D eigenvalue weighted by molar-refractivity contribution is 7.92. The molecule has 1 aliphatic heterocycles. The minimum atomic E-state index is -4.04. The van der Waals surface area contributed by atoms with Crippen LogP contribution >= 0.6 is 0 Å². The first-order chi connectivity index (χ1) is 15.4. The minimum absolute atomic E-state index is 0.480. The van der Waals surface area contributed by atoms with E-state index in [-0.39, 0.29) is 0 Å². The summed E-state index contributed by atoms with van der Waals surface area (Å²) < 4.78 is 32.7. The largest absolute Gasteiger partial charge is 0.444 e. The van der Waals surface area contributed by atoms with Gasteiger partial charge >= 0.3 is 12.1 Å². The van der Waals surface area contributed by atoms with Crippen molar-refractivity contribution in [3.8, 4) is 0 Å². The summed E-state index contributed by atoms with van der Waals surface area (Å²) in [5.41, 5.74) is 4.15. The molecule has 8 nitrogen and oxygen atoms in total. The van der Waals surface area contributed by atoms with Gasteiger partial charge in [-0.15, -0.1) is 0 Å². The van der Waals surface area contributed by atoms with Crippen LogP contribution in [0.2, 0.25) is 0 Å². The standard InChI is InChI=1S/C24H33N3O5S/c1-23(2,3)32-22(29)27-13-11-24(27,4)12-14-33(30,31)26-21(28)25-20-18-9-5-7-16(18)15-17-8-6-10-19(17)20/h12,14-15H,5-11,13H2,1-4H3,(H2,25,26,28)/b14-12+. The molecule has 4 rings (SSSR count). The van der Waals surface area contributed by atoms with Gasteiger partial charge in [0.15, 0.2) is 0 Å². The number of rotatable bonds is 4. The fourth-order valence-corrected chi connectivity index (χ4v) is 5.72. The SMILES string of the molecule is CC(C)(C)OC(=O)N1CCC1(C)/C=C/S(=O)(=O)NC(=O)Nc1c2c(cc3c1CCC3)CCC2. The minimum Gasteiger partial charge on any atom is -0.444 e. The Morgan fingerprint density at radius 1 is 1.09 bits per heavy atom. The Morgan fingerprint density at radius 3 is 2.21 bits per heavy atom. The first-order valence-corrected chi connectivity index (χ1v) is 13.1. The molecular weight excluding hydrogens is 442 g/mol. The number of nitrogens with one attached hydrogen (secondary N) is 2. The number of aryl methyl sites for hydroxylation is 2. The topological polar surface area (TPSA) is 105 Å². The van der Waals surface area contributed by atoms with Crippen LogP contribution in [0.1, 0.15) is 69.2 Å². The molecule has 0 saturated carbocycles. The molecule has 1 aromatic rings. The maximum atomic E-state index is 12.6. The number of likely N-dealkylation sites (tertiary alicyclic amines) is 1. The third-order valence-corrected chi connectivity index (χ3v) is 7.59. The van der Waals surface area contributed by atoms with Gasteiger partial charge in [-0.3, -0.25) is 4.90 Å². The smallest absolute Gasteiger partial charge is 0.410 e. The van der Waals surface area contributed by atoms with Crippen molar-refractivity contribution in [2.45, 2.75) is 83.8 Å². The van der Waals surface area contributed by atoms with E-state index < -0.39 is 33.3 Å². The summed E-state index contributed by atoms with van der Waals surface area (Å²) >= 11 is 0. The van der Waals surface area contributed by atoms with Crippen molar-refractivity contribution >= 4 is 27.8 Å². The predicted molar refractivity (Wildman–Crippen MR) is 127 cm³/mol. The number of anilines is 1. The van der Waals surface area contributed by atoms with Gasteiger partial charge in [-0.2, -0.15) is 0 Å². The maximum absolute atomic E-state index is 12.6. The van der Waals surface area contributed by atoms with Gasteiger partial charge in [0, 0.05) is 17.6 Å². The average Bonchev–Trinajstić information content (AvgIpc) is 3.32. The van der Waals surface area contributed by atoms with Crippen molar-refractivity contribution in [2.75, 3.05) is 11.9 Å². The van der Waals surface area contributed by atoms with Crippen LogP contribution in [0, 0.1) is 0 Å². The Bertz CT molecular complexity index is 1090. The number of carbonyl (C=O) groups is 2. The lowest BCUT2D eigenvalue weighted by molar-refractivity contribution is -0.0211. The average molecular weight is 476 g/mol.